The lowest BCUT2D eigenvalue weighted by atomic mass is 10.3. The van der Waals surface area contributed by atoms with Crippen molar-refractivity contribution in [2.24, 2.45) is 0 Å². The molecule has 0 aliphatic rings. The van der Waals surface area contributed by atoms with Gasteiger partial charge in [-0.3, -0.25) is 4.72 Å². The molecule has 0 aliphatic heterocycles. The number of thiophene rings is 1. The van der Waals surface area contributed by atoms with E-state index in [1.165, 1.54) is 12.1 Å². The van der Waals surface area contributed by atoms with E-state index < -0.39 is 27.3 Å². The highest BCUT2D eigenvalue weighted by molar-refractivity contribution is 7.94. The van der Waals surface area contributed by atoms with Crippen LogP contribution in [0, 0.1) is 18.6 Å². The van der Waals surface area contributed by atoms with Crippen LogP contribution in [-0.2, 0) is 16.6 Å². The number of nitrogens with one attached hydrogen (secondary N) is 2. The minimum atomic E-state index is -4.02. The van der Waals surface area contributed by atoms with Crippen LogP contribution in [-0.4, -0.2) is 15.5 Å². The molecule has 0 atom stereocenters. The van der Waals surface area contributed by atoms with E-state index in [4.69, 9.17) is 0 Å². The molecule has 0 saturated carbocycles. The molecule has 114 valence electrons. The second-order valence-electron chi connectivity index (χ2n) is 4.40. The summed E-state index contributed by atoms with van der Waals surface area (Å²) < 4.78 is 53.5. The summed E-state index contributed by atoms with van der Waals surface area (Å²) in [7, 11) is -2.27. The Bertz CT molecular complexity index is 737. The van der Waals surface area contributed by atoms with E-state index in [-0.39, 0.29) is 4.21 Å². The van der Waals surface area contributed by atoms with E-state index in [1.54, 1.807) is 14.0 Å². The highest BCUT2D eigenvalue weighted by Crippen LogP contribution is 2.29. The molecule has 0 saturated heterocycles. The van der Waals surface area contributed by atoms with Crippen molar-refractivity contribution in [3.63, 3.8) is 0 Å². The number of hydrogen-bond acceptors (Lipinski definition) is 4. The van der Waals surface area contributed by atoms with E-state index >= 15 is 0 Å². The quantitative estimate of drug-likeness (QED) is 0.885. The molecular formula is C13H14F2N2O2S2. The average molecular weight is 332 g/mol. The van der Waals surface area contributed by atoms with Crippen LogP contribution in [0.15, 0.2) is 28.5 Å². The van der Waals surface area contributed by atoms with Crippen LogP contribution in [0.3, 0.4) is 0 Å². The molecule has 2 rings (SSSR count). The van der Waals surface area contributed by atoms with Crippen LogP contribution in [0.25, 0.3) is 0 Å². The van der Waals surface area contributed by atoms with Crippen LogP contribution in [0.2, 0.25) is 0 Å². The van der Waals surface area contributed by atoms with Crippen molar-refractivity contribution in [3.05, 3.63) is 46.3 Å². The molecular weight excluding hydrogens is 318 g/mol. The van der Waals surface area contributed by atoms with Gasteiger partial charge >= 0.3 is 0 Å². The van der Waals surface area contributed by atoms with Crippen LogP contribution in [0.1, 0.15) is 10.4 Å². The predicted molar refractivity (Wildman–Crippen MR) is 79.0 cm³/mol. The highest BCUT2D eigenvalue weighted by atomic mass is 32.2. The van der Waals surface area contributed by atoms with Gasteiger partial charge in [0.05, 0.1) is 0 Å². The van der Waals surface area contributed by atoms with Gasteiger partial charge in [-0.1, -0.05) is 6.07 Å². The first-order valence-corrected chi connectivity index (χ1v) is 8.36. The summed E-state index contributed by atoms with van der Waals surface area (Å²) in [5, 5.41) is 2.93. The van der Waals surface area contributed by atoms with Crippen LogP contribution >= 0.6 is 11.3 Å². The summed E-state index contributed by atoms with van der Waals surface area (Å²) in [4.78, 5) is 0.854. The molecule has 2 N–H and O–H groups in total. The lowest BCUT2D eigenvalue weighted by Gasteiger charge is -2.08. The van der Waals surface area contributed by atoms with E-state index in [1.807, 2.05) is 4.72 Å². The number of aryl methyl sites for hydroxylation is 1. The molecule has 0 spiro atoms. The van der Waals surface area contributed by atoms with E-state index in [2.05, 4.69) is 5.32 Å². The zero-order valence-electron chi connectivity index (χ0n) is 11.4. The van der Waals surface area contributed by atoms with Crippen molar-refractivity contribution in [2.75, 3.05) is 11.8 Å². The average Bonchev–Trinajstić information content (AvgIpc) is 2.77. The number of hydrogen-bond donors (Lipinski definition) is 2. The van der Waals surface area contributed by atoms with Crippen LogP contribution < -0.4 is 10.0 Å². The molecule has 21 heavy (non-hydrogen) atoms. The Kier molecular flexibility index (Phi) is 4.60. The first kappa shape index (κ1) is 15.9. The standard InChI is InChI=1S/C13H14F2N2O2S2/c1-8-6-12(20-11(8)7-16-2)21(18,19)17-13-9(14)4-3-5-10(13)15/h3-6,16-17H,7H2,1-2H3. The number of sulfonamides is 1. The summed E-state index contributed by atoms with van der Waals surface area (Å²) >= 11 is 1.06. The number of rotatable bonds is 5. The van der Waals surface area contributed by atoms with Gasteiger partial charge < -0.3 is 5.32 Å². The molecule has 0 bridgehead atoms. The minimum absolute atomic E-state index is 0.0212. The molecule has 1 heterocycles. The van der Waals surface area contributed by atoms with Gasteiger partial charge in [0, 0.05) is 11.4 Å². The van der Waals surface area contributed by atoms with Crippen molar-refractivity contribution in [2.45, 2.75) is 17.7 Å². The van der Waals surface area contributed by atoms with Crippen molar-refractivity contribution < 1.29 is 17.2 Å². The fraction of sp³-hybridized carbons (Fsp3) is 0.231. The highest BCUT2D eigenvalue weighted by Gasteiger charge is 2.22. The first-order chi connectivity index (χ1) is 9.85. The Morgan fingerprint density at radius 3 is 2.43 bits per heavy atom. The maximum absolute atomic E-state index is 13.5. The summed E-state index contributed by atoms with van der Waals surface area (Å²) in [5.74, 6) is -1.91. The zero-order valence-corrected chi connectivity index (χ0v) is 13.0. The third-order valence-corrected chi connectivity index (χ3v) is 5.86. The lowest BCUT2D eigenvalue weighted by Crippen LogP contribution is -2.14. The summed E-state index contributed by atoms with van der Waals surface area (Å²) in [6.07, 6.45) is 0. The summed E-state index contributed by atoms with van der Waals surface area (Å²) in [6.45, 7) is 2.31. The summed E-state index contributed by atoms with van der Waals surface area (Å²) in [5.41, 5.74) is 0.141. The maximum atomic E-state index is 13.5. The predicted octanol–water partition coefficient (Wildman–Crippen LogP) is 2.85. The molecule has 1 aromatic carbocycles. The molecule has 0 aliphatic carbocycles. The van der Waals surface area contributed by atoms with Gasteiger partial charge in [-0.15, -0.1) is 11.3 Å². The lowest BCUT2D eigenvalue weighted by molar-refractivity contribution is 0.583. The van der Waals surface area contributed by atoms with Gasteiger partial charge in [0.1, 0.15) is 21.5 Å². The van der Waals surface area contributed by atoms with Crippen LogP contribution in [0.5, 0.6) is 0 Å². The van der Waals surface area contributed by atoms with Gasteiger partial charge in [0.15, 0.2) is 0 Å². The van der Waals surface area contributed by atoms with E-state index in [0.29, 0.717) is 6.54 Å². The molecule has 0 amide bonds. The largest absolute Gasteiger partial charge is 0.315 e. The van der Waals surface area contributed by atoms with Crippen molar-refractivity contribution in [1.82, 2.24) is 5.32 Å². The van der Waals surface area contributed by atoms with Gasteiger partial charge in [0.25, 0.3) is 10.0 Å². The Hall–Kier alpha value is -1.51. The topological polar surface area (TPSA) is 58.2 Å². The van der Waals surface area contributed by atoms with Gasteiger partial charge in [-0.25, -0.2) is 17.2 Å². The molecule has 0 fully saturated rings. The molecule has 4 nitrogen and oxygen atoms in total. The smallest absolute Gasteiger partial charge is 0.271 e. The SMILES string of the molecule is CNCc1sc(S(=O)(=O)Nc2c(F)cccc2F)cc1C. The number of anilines is 1. The molecule has 0 unspecified atom stereocenters. The summed E-state index contributed by atoms with van der Waals surface area (Å²) in [6, 6.07) is 4.64. The Balaban J connectivity index is 2.37. The Morgan fingerprint density at radius 1 is 1.24 bits per heavy atom. The normalized spacial score (nSPS) is 11.6. The maximum Gasteiger partial charge on any atom is 0.271 e. The first-order valence-electron chi connectivity index (χ1n) is 6.06. The molecule has 8 heteroatoms. The third-order valence-electron chi connectivity index (χ3n) is 2.80. The van der Waals surface area contributed by atoms with E-state index in [0.717, 1.165) is 33.9 Å². The number of para-hydroxylation sites is 1. The Labute approximate surface area is 125 Å². The van der Waals surface area contributed by atoms with Gasteiger partial charge in [-0.2, -0.15) is 0 Å². The third kappa shape index (κ3) is 3.39. The monoisotopic (exact) mass is 332 g/mol. The number of benzene rings is 1. The van der Waals surface area contributed by atoms with Gasteiger partial charge in [0.2, 0.25) is 0 Å². The van der Waals surface area contributed by atoms with Gasteiger partial charge in [-0.05, 0) is 37.7 Å². The van der Waals surface area contributed by atoms with Crippen molar-refractivity contribution >= 4 is 27.0 Å². The fourth-order valence-corrected chi connectivity index (χ4v) is 4.41. The Morgan fingerprint density at radius 2 is 1.86 bits per heavy atom. The molecule has 1 aromatic heterocycles. The van der Waals surface area contributed by atoms with Crippen molar-refractivity contribution in [1.29, 1.82) is 0 Å². The minimum Gasteiger partial charge on any atom is -0.315 e. The fourth-order valence-electron chi connectivity index (χ4n) is 1.74. The second-order valence-corrected chi connectivity index (χ2v) is 7.45. The molecule has 2 aromatic rings. The van der Waals surface area contributed by atoms with Crippen LogP contribution in [0.4, 0.5) is 14.5 Å². The van der Waals surface area contributed by atoms with E-state index in [9.17, 15) is 17.2 Å². The number of halogens is 2. The zero-order chi connectivity index (χ0) is 15.6. The van der Waals surface area contributed by atoms with Crippen molar-refractivity contribution in [3.8, 4) is 0 Å². The second kappa shape index (κ2) is 6.08. The molecule has 0 radical (unpaired) electrons.